The van der Waals surface area contributed by atoms with Gasteiger partial charge in [-0.25, -0.2) is 0 Å². The number of allylic oxidation sites excluding steroid dienone is 2. The summed E-state index contributed by atoms with van der Waals surface area (Å²) in [5.41, 5.74) is 4.69. The Labute approximate surface area is 212 Å². The SMILES string of the molecule is CC(C)N(C)c1ccc(C2CC3(C)C(O)CCC3I3CCC4CC5(CCC4=C23)OCCO5)cc1. The van der Waals surface area contributed by atoms with E-state index < -0.39 is 19.8 Å². The quantitative estimate of drug-likeness (QED) is 0.340. The van der Waals surface area contributed by atoms with Crippen LogP contribution in [0.5, 0.6) is 0 Å². The molecule has 0 amide bonds. The molecule has 2 saturated heterocycles. The molecule has 188 valence electrons. The van der Waals surface area contributed by atoms with E-state index in [9.17, 15) is 5.11 Å². The summed E-state index contributed by atoms with van der Waals surface area (Å²) in [7, 11) is 2.19. The molecule has 1 N–H and O–H groups in total. The van der Waals surface area contributed by atoms with E-state index in [4.69, 9.17) is 9.47 Å². The van der Waals surface area contributed by atoms with Crippen LogP contribution >= 0.6 is 19.8 Å². The number of fused-ring (bicyclic) bond motifs is 4. The standard InChI is InChI=1S/C29H42INO3/c1-19(2)31(4)22-7-5-20(6-8-22)24-18-28(3)25(9-10-26(28)32)30-14-12-21-17-29(33-15-16-34-29)13-11-23(21)27(24)30/h5-8,19,21,24-26,32H,9-18H2,1-4H3. The minimum absolute atomic E-state index is 0.105. The van der Waals surface area contributed by atoms with Gasteiger partial charge in [0.25, 0.3) is 0 Å². The third-order valence-corrected chi connectivity index (χ3v) is 18.4. The Morgan fingerprint density at radius 3 is 2.50 bits per heavy atom. The number of hydrogen-bond donors (Lipinski definition) is 1. The second-order valence-electron chi connectivity index (χ2n) is 11.9. The summed E-state index contributed by atoms with van der Waals surface area (Å²) in [4.78, 5) is 2.35. The van der Waals surface area contributed by atoms with Crippen LogP contribution in [0.1, 0.15) is 77.2 Å². The zero-order valence-corrected chi connectivity index (χ0v) is 23.5. The molecule has 5 aliphatic rings. The molecule has 4 fully saturated rings. The summed E-state index contributed by atoms with van der Waals surface area (Å²) in [5, 5.41) is 11.2. The molecule has 2 aliphatic carbocycles. The van der Waals surface area contributed by atoms with Crippen LogP contribution in [-0.2, 0) is 9.47 Å². The van der Waals surface area contributed by atoms with E-state index in [-0.39, 0.29) is 17.3 Å². The molecule has 0 aromatic heterocycles. The predicted octanol–water partition coefficient (Wildman–Crippen LogP) is 6.26. The maximum absolute atomic E-state index is 11.2. The van der Waals surface area contributed by atoms with E-state index in [0.717, 1.165) is 49.2 Å². The molecule has 1 spiro atoms. The Hall–Kier alpha value is -0.630. The number of hydrogen-bond acceptors (Lipinski definition) is 4. The number of rotatable bonds is 3. The van der Waals surface area contributed by atoms with Gasteiger partial charge in [-0.1, -0.05) is 0 Å². The van der Waals surface area contributed by atoms with Crippen LogP contribution in [0.2, 0.25) is 0 Å². The third-order valence-electron chi connectivity index (χ3n) is 9.78. The zero-order valence-electron chi connectivity index (χ0n) is 21.4. The van der Waals surface area contributed by atoms with Gasteiger partial charge in [0.2, 0.25) is 0 Å². The van der Waals surface area contributed by atoms with Crippen LogP contribution in [0.15, 0.2) is 33.4 Å². The molecule has 0 radical (unpaired) electrons. The molecule has 3 aliphatic heterocycles. The first-order valence-electron chi connectivity index (χ1n) is 13.5. The minimum atomic E-state index is -1.36. The van der Waals surface area contributed by atoms with E-state index in [1.807, 2.05) is 3.58 Å². The van der Waals surface area contributed by atoms with Gasteiger partial charge < -0.3 is 0 Å². The van der Waals surface area contributed by atoms with Crippen molar-refractivity contribution in [2.45, 2.75) is 93.5 Å². The number of ether oxygens (including phenoxy) is 2. The van der Waals surface area contributed by atoms with Gasteiger partial charge in [-0.2, -0.15) is 0 Å². The molecule has 2 saturated carbocycles. The first kappa shape index (κ1) is 23.7. The summed E-state index contributed by atoms with van der Waals surface area (Å²) >= 11 is -1.36. The second-order valence-corrected chi connectivity index (χ2v) is 17.9. The Kier molecular flexibility index (Phi) is 6.11. The van der Waals surface area contributed by atoms with Gasteiger partial charge in [0, 0.05) is 0 Å². The average molecular weight is 580 g/mol. The molecule has 1 aromatic rings. The Morgan fingerprint density at radius 2 is 1.79 bits per heavy atom. The van der Waals surface area contributed by atoms with Gasteiger partial charge in [0.1, 0.15) is 0 Å². The van der Waals surface area contributed by atoms with Gasteiger partial charge in [0.05, 0.1) is 0 Å². The predicted molar refractivity (Wildman–Crippen MR) is 147 cm³/mol. The van der Waals surface area contributed by atoms with Crippen molar-refractivity contribution in [3.8, 4) is 0 Å². The van der Waals surface area contributed by atoms with Gasteiger partial charge in [0.15, 0.2) is 0 Å². The Bertz CT molecular complexity index is 953. The molecule has 6 rings (SSSR count). The van der Waals surface area contributed by atoms with Crippen molar-refractivity contribution in [2.75, 3.05) is 29.6 Å². The fraction of sp³-hybridized carbons (Fsp3) is 0.724. The second kappa shape index (κ2) is 8.74. The van der Waals surface area contributed by atoms with E-state index in [1.165, 1.54) is 28.5 Å². The first-order valence-corrected chi connectivity index (χ1v) is 17.3. The van der Waals surface area contributed by atoms with E-state index >= 15 is 0 Å². The van der Waals surface area contributed by atoms with Crippen molar-refractivity contribution in [2.24, 2.45) is 11.3 Å². The van der Waals surface area contributed by atoms with Gasteiger partial charge in [-0.05, 0) is 0 Å². The van der Waals surface area contributed by atoms with E-state index in [1.54, 1.807) is 5.57 Å². The molecule has 1 aromatic carbocycles. The summed E-state index contributed by atoms with van der Waals surface area (Å²) in [6.07, 6.45) is 7.84. The summed E-state index contributed by atoms with van der Waals surface area (Å²) in [6.45, 7) is 8.45. The third kappa shape index (κ3) is 3.71. The first-order chi connectivity index (χ1) is 16.3. The molecule has 0 bridgehead atoms. The van der Waals surface area contributed by atoms with Crippen LogP contribution in [0.3, 0.4) is 0 Å². The van der Waals surface area contributed by atoms with Crippen molar-refractivity contribution in [1.29, 1.82) is 0 Å². The van der Waals surface area contributed by atoms with Gasteiger partial charge in [-0.3, -0.25) is 0 Å². The molecule has 5 heteroatoms. The van der Waals surface area contributed by atoms with Crippen molar-refractivity contribution < 1.29 is 14.6 Å². The van der Waals surface area contributed by atoms with Crippen molar-refractivity contribution in [3.05, 3.63) is 39.0 Å². The molecular formula is C29H42INO3. The maximum atomic E-state index is 11.2. The number of nitrogens with zero attached hydrogens (tertiary/aromatic N) is 1. The van der Waals surface area contributed by atoms with E-state index in [2.05, 4.69) is 57.0 Å². The van der Waals surface area contributed by atoms with Crippen molar-refractivity contribution in [3.63, 3.8) is 0 Å². The van der Waals surface area contributed by atoms with Crippen LogP contribution in [0.25, 0.3) is 0 Å². The van der Waals surface area contributed by atoms with Crippen molar-refractivity contribution >= 4 is 25.5 Å². The number of halogens is 1. The summed E-state index contributed by atoms with van der Waals surface area (Å²) in [5.74, 6) is 0.839. The molecular weight excluding hydrogens is 537 g/mol. The van der Waals surface area contributed by atoms with Gasteiger partial charge in [-0.15, -0.1) is 0 Å². The topological polar surface area (TPSA) is 41.9 Å². The number of benzene rings is 1. The summed E-state index contributed by atoms with van der Waals surface area (Å²) in [6, 6.07) is 9.96. The fourth-order valence-electron chi connectivity index (χ4n) is 7.56. The average Bonchev–Trinajstić information content (AvgIpc) is 3.41. The number of aliphatic hydroxyl groups is 1. The number of aliphatic hydroxyl groups excluding tert-OH is 1. The van der Waals surface area contributed by atoms with Crippen LogP contribution in [0, 0.1) is 11.3 Å². The van der Waals surface area contributed by atoms with E-state index in [0.29, 0.717) is 17.9 Å². The molecule has 5 atom stereocenters. The number of anilines is 1. The Balaban J connectivity index is 1.40. The molecule has 3 heterocycles. The normalized spacial score (nSPS) is 37.6. The van der Waals surface area contributed by atoms with Crippen molar-refractivity contribution in [1.82, 2.24) is 0 Å². The zero-order chi connectivity index (χ0) is 23.7. The van der Waals surface area contributed by atoms with Gasteiger partial charge >= 0.3 is 213 Å². The molecule has 34 heavy (non-hydrogen) atoms. The van der Waals surface area contributed by atoms with Crippen LogP contribution < -0.4 is 4.90 Å². The fourth-order valence-corrected chi connectivity index (χ4v) is 17.8. The molecule has 5 unspecified atom stereocenters. The Morgan fingerprint density at radius 1 is 1.06 bits per heavy atom. The van der Waals surface area contributed by atoms with Crippen LogP contribution in [-0.4, -0.2) is 51.7 Å². The number of alkyl halides is 2. The molecule has 4 nitrogen and oxygen atoms in total. The monoisotopic (exact) mass is 579 g/mol. The summed E-state index contributed by atoms with van der Waals surface area (Å²) < 4.78 is 16.4. The van der Waals surface area contributed by atoms with Crippen LogP contribution in [0.4, 0.5) is 5.69 Å².